The fourth-order valence-corrected chi connectivity index (χ4v) is 3.80. The lowest BCUT2D eigenvalue weighted by atomic mass is 9.69. The quantitative estimate of drug-likeness (QED) is 0.633. The van der Waals surface area contributed by atoms with Gasteiger partial charge in [-0.2, -0.15) is 0 Å². The monoisotopic (exact) mass is 313 g/mol. The van der Waals surface area contributed by atoms with Crippen LogP contribution in [0.2, 0.25) is 0 Å². The second-order valence-corrected chi connectivity index (χ2v) is 6.91. The van der Waals surface area contributed by atoms with Crippen LogP contribution in [0.4, 0.5) is 0 Å². The summed E-state index contributed by atoms with van der Waals surface area (Å²) in [5, 5.41) is 0. The summed E-state index contributed by atoms with van der Waals surface area (Å²) in [6.45, 7) is 8.38. The Balaban J connectivity index is 1.96. The molecule has 2 heterocycles. The highest BCUT2D eigenvalue weighted by molar-refractivity contribution is 6.06. The third-order valence-corrected chi connectivity index (χ3v) is 5.04. The number of imide groups is 1. The van der Waals surface area contributed by atoms with Crippen LogP contribution in [0.5, 0.6) is 0 Å². The van der Waals surface area contributed by atoms with Crippen LogP contribution in [-0.2, 0) is 16.1 Å². The van der Waals surface area contributed by atoms with Gasteiger partial charge in [-0.05, 0) is 38.8 Å². The van der Waals surface area contributed by atoms with Crippen molar-refractivity contribution in [2.24, 2.45) is 23.7 Å². The topological polar surface area (TPSA) is 50.5 Å². The molecule has 0 bridgehead atoms. The Morgan fingerprint density at radius 3 is 2.57 bits per heavy atom. The highest BCUT2D eigenvalue weighted by atomic mass is 16.3. The lowest BCUT2D eigenvalue weighted by Gasteiger charge is -2.32. The van der Waals surface area contributed by atoms with E-state index in [1.165, 1.54) is 10.5 Å². The molecule has 3 rings (SSSR count). The number of allylic oxidation sites excluding steroid dienone is 4. The van der Waals surface area contributed by atoms with Crippen molar-refractivity contribution in [2.75, 3.05) is 0 Å². The second kappa shape index (κ2) is 5.84. The van der Waals surface area contributed by atoms with E-state index in [0.717, 1.165) is 5.57 Å². The predicted molar refractivity (Wildman–Crippen MR) is 87.1 cm³/mol. The number of rotatable bonds is 3. The van der Waals surface area contributed by atoms with Crippen LogP contribution in [0.1, 0.15) is 33.5 Å². The molecule has 4 nitrogen and oxygen atoms in total. The van der Waals surface area contributed by atoms with Crippen molar-refractivity contribution in [3.05, 3.63) is 47.5 Å². The first-order chi connectivity index (χ1) is 10.9. The Morgan fingerprint density at radius 2 is 1.96 bits per heavy atom. The van der Waals surface area contributed by atoms with Crippen molar-refractivity contribution in [1.29, 1.82) is 0 Å². The van der Waals surface area contributed by atoms with Crippen molar-refractivity contribution in [1.82, 2.24) is 4.90 Å². The Hall–Kier alpha value is -2.10. The normalized spacial score (nSPS) is 30.3. The summed E-state index contributed by atoms with van der Waals surface area (Å²) in [5.41, 5.74) is 2.35. The number of carbonyl (C=O) groups excluding carboxylic acids is 2. The molecule has 122 valence electrons. The minimum Gasteiger partial charge on any atom is -0.467 e. The number of furan rings is 1. The molecule has 23 heavy (non-hydrogen) atoms. The largest absolute Gasteiger partial charge is 0.467 e. The van der Waals surface area contributed by atoms with E-state index in [0.29, 0.717) is 5.76 Å². The zero-order valence-corrected chi connectivity index (χ0v) is 14.1. The minimum atomic E-state index is -0.286. The molecule has 2 aliphatic rings. The van der Waals surface area contributed by atoms with Crippen LogP contribution in [0.25, 0.3) is 0 Å². The average molecular weight is 313 g/mol. The van der Waals surface area contributed by atoms with Gasteiger partial charge in [0.05, 0.1) is 24.6 Å². The van der Waals surface area contributed by atoms with Crippen LogP contribution in [0.3, 0.4) is 0 Å². The van der Waals surface area contributed by atoms with Crippen LogP contribution >= 0.6 is 0 Å². The van der Waals surface area contributed by atoms with Gasteiger partial charge in [0.15, 0.2) is 0 Å². The van der Waals surface area contributed by atoms with Crippen molar-refractivity contribution in [3.63, 3.8) is 0 Å². The highest BCUT2D eigenvalue weighted by Gasteiger charge is 2.54. The van der Waals surface area contributed by atoms with E-state index in [-0.39, 0.29) is 42.0 Å². The number of amides is 2. The van der Waals surface area contributed by atoms with Gasteiger partial charge in [0.2, 0.25) is 11.8 Å². The molecule has 1 aromatic heterocycles. The summed E-state index contributed by atoms with van der Waals surface area (Å²) < 4.78 is 5.31. The van der Waals surface area contributed by atoms with Crippen LogP contribution in [0.15, 0.2) is 46.1 Å². The van der Waals surface area contributed by atoms with Gasteiger partial charge in [0, 0.05) is 5.92 Å². The second-order valence-electron chi connectivity index (χ2n) is 6.91. The van der Waals surface area contributed by atoms with Gasteiger partial charge in [0.25, 0.3) is 0 Å². The van der Waals surface area contributed by atoms with Crippen LogP contribution in [0, 0.1) is 23.7 Å². The Kier molecular flexibility index (Phi) is 4.00. The maximum absolute atomic E-state index is 12.9. The first kappa shape index (κ1) is 15.8. The number of hydrogen-bond acceptors (Lipinski definition) is 3. The van der Waals surface area contributed by atoms with E-state index in [4.69, 9.17) is 4.42 Å². The molecule has 0 radical (unpaired) electrons. The number of nitrogens with zero attached hydrogens (tertiary/aromatic N) is 1. The first-order valence-electron chi connectivity index (χ1n) is 8.11. The molecule has 4 atom stereocenters. The van der Waals surface area contributed by atoms with E-state index in [1.807, 2.05) is 20.8 Å². The molecule has 0 N–H and O–H groups in total. The molecule has 1 aliphatic carbocycles. The molecule has 1 aromatic rings. The summed E-state index contributed by atoms with van der Waals surface area (Å²) >= 11 is 0. The lowest BCUT2D eigenvalue weighted by Crippen LogP contribution is -2.33. The standard InChI is InChI=1S/C19H23NO3/c1-11(2)8-14-9-12(3)13(4)16-17(14)19(22)20(18(16)21)10-15-6-5-7-23-15/h5-9,13-14,16-17H,10H2,1-4H3. The molecular weight excluding hydrogens is 290 g/mol. The van der Waals surface area contributed by atoms with Gasteiger partial charge in [-0.3, -0.25) is 14.5 Å². The number of hydrogen-bond donors (Lipinski definition) is 0. The fourth-order valence-electron chi connectivity index (χ4n) is 3.80. The van der Waals surface area contributed by atoms with Crippen molar-refractivity contribution in [2.45, 2.75) is 34.2 Å². The van der Waals surface area contributed by atoms with E-state index >= 15 is 0 Å². The molecule has 1 aliphatic heterocycles. The van der Waals surface area contributed by atoms with E-state index in [1.54, 1.807) is 18.4 Å². The molecule has 1 saturated heterocycles. The molecule has 0 saturated carbocycles. The maximum Gasteiger partial charge on any atom is 0.234 e. The summed E-state index contributed by atoms with van der Waals surface area (Å²) in [4.78, 5) is 27.2. The third-order valence-electron chi connectivity index (χ3n) is 5.04. The summed E-state index contributed by atoms with van der Waals surface area (Å²) in [6.07, 6.45) is 5.82. The molecular formula is C19H23NO3. The minimum absolute atomic E-state index is 0.000693. The maximum atomic E-state index is 12.9. The van der Waals surface area contributed by atoms with Crippen LogP contribution < -0.4 is 0 Å². The summed E-state index contributed by atoms with van der Waals surface area (Å²) in [5.74, 6) is 0.0488. The Bertz CT molecular complexity index is 679. The number of fused-ring (bicyclic) bond motifs is 1. The van der Waals surface area contributed by atoms with Crippen LogP contribution in [-0.4, -0.2) is 16.7 Å². The molecule has 1 fully saturated rings. The van der Waals surface area contributed by atoms with E-state index < -0.39 is 0 Å². The van der Waals surface area contributed by atoms with Gasteiger partial charge in [-0.1, -0.05) is 30.2 Å². The molecule has 2 amide bonds. The summed E-state index contributed by atoms with van der Waals surface area (Å²) in [7, 11) is 0. The fraction of sp³-hybridized carbons (Fsp3) is 0.474. The predicted octanol–water partition coefficient (Wildman–Crippen LogP) is 3.56. The number of likely N-dealkylation sites (tertiary alicyclic amines) is 1. The molecule has 0 aromatic carbocycles. The zero-order valence-electron chi connectivity index (χ0n) is 14.1. The number of carbonyl (C=O) groups is 2. The Labute approximate surface area is 136 Å². The van der Waals surface area contributed by atoms with Crippen molar-refractivity contribution in [3.8, 4) is 0 Å². The van der Waals surface area contributed by atoms with Gasteiger partial charge in [0.1, 0.15) is 5.76 Å². The molecule has 0 spiro atoms. The van der Waals surface area contributed by atoms with Gasteiger partial charge < -0.3 is 4.42 Å². The molecule has 4 heteroatoms. The van der Waals surface area contributed by atoms with Gasteiger partial charge in [-0.25, -0.2) is 0 Å². The Morgan fingerprint density at radius 1 is 1.26 bits per heavy atom. The lowest BCUT2D eigenvalue weighted by molar-refractivity contribution is -0.141. The third kappa shape index (κ3) is 2.67. The zero-order chi connectivity index (χ0) is 16.7. The van der Waals surface area contributed by atoms with Gasteiger partial charge in [-0.15, -0.1) is 0 Å². The molecule has 4 unspecified atom stereocenters. The van der Waals surface area contributed by atoms with Crippen molar-refractivity contribution < 1.29 is 14.0 Å². The first-order valence-corrected chi connectivity index (χ1v) is 8.11. The SMILES string of the molecule is CC(C)=CC1C=C(C)C(C)C2C(=O)N(Cc3ccco3)C(=O)C12. The highest BCUT2D eigenvalue weighted by Crippen LogP contribution is 2.45. The van der Waals surface area contributed by atoms with E-state index in [9.17, 15) is 9.59 Å². The van der Waals surface area contributed by atoms with E-state index in [2.05, 4.69) is 19.1 Å². The van der Waals surface area contributed by atoms with Crippen molar-refractivity contribution >= 4 is 11.8 Å². The smallest absolute Gasteiger partial charge is 0.234 e. The average Bonchev–Trinajstić information content (AvgIpc) is 3.06. The summed E-state index contributed by atoms with van der Waals surface area (Å²) in [6, 6.07) is 3.57. The van der Waals surface area contributed by atoms with Gasteiger partial charge >= 0.3 is 0 Å².